The Bertz CT molecular complexity index is 517. The SMILES string of the molecule is NC(=O)CN(CC(N)=O)C(=O)c1cc(N)ccc1Cl. The van der Waals surface area contributed by atoms with Crippen LogP contribution in [0.15, 0.2) is 18.2 Å². The summed E-state index contributed by atoms with van der Waals surface area (Å²) in [6.45, 7) is -0.875. The lowest BCUT2D eigenvalue weighted by Gasteiger charge is -2.20. The van der Waals surface area contributed by atoms with E-state index in [-0.39, 0.29) is 10.6 Å². The first-order chi connectivity index (χ1) is 8.81. The number of nitrogens with zero attached hydrogens (tertiary/aromatic N) is 1. The second-order valence-electron chi connectivity index (χ2n) is 3.83. The molecule has 102 valence electrons. The predicted molar refractivity (Wildman–Crippen MR) is 70.2 cm³/mol. The third-order valence-electron chi connectivity index (χ3n) is 2.20. The maximum Gasteiger partial charge on any atom is 0.256 e. The molecular weight excluding hydrogens is 272 g/mol. The molecule has 0 saturated heterocycles. The summed E-state index contributed by atoms with van der Waals surface area (Å²) >= 11 is 5.87. The second kappa shape index (κ2) is 6.05. The average molecular weight is 285 g/mol. The van der Waals surface area contributed by atoms with Gasteiger partial charge in [0.15, 0.2) is 0 Å². The van der Waals surface area contributed by atoms with Gasteiger partial charge in [-0.15, -0.1) is 0 Å². The Hall–Kier alpha value is -2.28. The maximum atomic E-state index is 12.2. The molecule has 0 unspecified atom stereocenters. The molecule has 0 aromatic heterocycles. The van der Waals surface area contributed by atoms with E-state index in [2.05, 4.69) is 0 Å². The molecular formula is C11H13ClN4O3. The molecule has 0 aliphatic carbocycles. The number of anilines is 1. The van der Waals surface area contributed by atoms with Gasteiger partial charge in [-0.3, -0.25) is 14.4 Å². The van der Waals surface area contributed by atoms with Crippen LogP contribution in [-0.4, -0.2) is 35.7 Å². The van der Waals surface area contributed by atoms with E-state index in [9.17, 15) is 14.4 Å². The summed E-state index contributed by atoms with van der Waals surface area (Å²) in [5, 5.41) is 0.151. The molecule has 1 aromatic carbocycles. The Kier molecular flexibility index (Phi) is 4.71. The summed E-state index contributed by atoms with van der Waals surface area (Å²) in [6.07, 6.45) is 0. The topological polar surface area (TPSA) is 133 Å². The minimum atomic E-state index is -0.769. The molecule has 8 heteroatoms. The van der Waals surface area contributed by atoms with Crippen molar-refractivity contribution >= 4 is 35.0 Å². The first-order valence-electron chi connectivity index (χ1n) is 5.22. The summed E-state index contributed by atoms with van der Waals surface area (Å²) in [4.78, 5) is 34.9. The first-order valence-corrected chi connectivity index (χ1v) is 5.60. The maximum absolute atomic E-state index is 12.2. The molecule has 19 heavy (non-hydrogen) atoms. The molecule has 0 radical (unpaired) electrons. The molecule has 0 aliphatic heterocycles. The number of benzene rings is 1. The number of hydrogen-bond acceptors (Lipinski definition) is 4. The molecule has 3 amide bonds. The number of carbonyl (C=O) groups excluding carboxylic acids is 3. The van der Waals surface area contributed by atoms with Gasteiger partial charge in [-0.1, -0.05) is 11.6 Å². The molecule has 1 rings (SSSR count). The van der Waals surface area contributed by atoms with Crippen molar-refractivity contribution in [3.8, 4) is 0 Å². The standard InChI is InChI=1S/C11H13ClN4O3/c12-8-2-1-6(13)3-7(8)11(19)16(4-9(14)17)5-10(15)18/h1-3H,4-5,13H2,(H2,14,17)(H2,15,18). The summed E-state index contributed by atoms with van der Waals surface area (Å²) in [5.41, 5.74) is 16.0. The molecule has 0 spiro atoms. The normalized spacial score (nSPS) is 9.95. The van der Waals surface area contributed by atoms with Crippen molar-refractivity contribution in [3.63, 3.8) is 0 Å². The van der Waals surface area contributed by atoms with E-state index >= 15 is 0 Å². The Morgan fingerprint density at radius 1 is 1.11 bits per heavy atom. The van der Waals surface area contributed by atoms with Crippen LogP contribution in [0, 0.1) is 0 Å². The quantitative estimate of drug-likeness (QED) is 0.619. The molecule has 0 atom stereocenters. The van der Waals surface area contributed by atoms with Gasteiger partial charge in [-0.25, -0.2) is 0 Å². The summed E-state index contributed by atoms with van der Waals surface area (Å²) in [6, 6.07) is 4.31. The molecule has 0 fully saturated rings. The Morgan fingerprint density at radius 3 is 2.11 bits per heavy atom. The van der Waals surface area contributed by atoms with Crippen LogP contribution in [0.25, 0.3) is 0 Å². The Morgan fingerprint density at radius 2 is 1.63 bits per heavy atom. The number of rotatable bonds is 5. The van der Waals surface area contributed by atoms with Crippen LogP contribution >= 0.6 is 11.6 Å². The van der Waals surface area contributed by atoms with Crippen LogP contribution in [0.2, 0.25) is 5.02 Å². The zero-order chi connectivity index (χ0) is 14.6. The van der Waals surface area contributed by atoms with Crippen LogP contribution in [-0.2, 0) is 9.59 Å². The third-order valence-corrected chi connectivity index (χ3v) is 2.53. The van der Waals surface area contributed by atoms with Gasteiger partial charge in [0.05, 0.1) is 10.6 Å². The highest BCUT2D eigenvalue weighted by Crippen LogP contribution is 2.20. The smallest absolute Gasteiger partial charge is 0.256 e. The lowest BCUT2D eigenvalue weighted by atomic mass is 10.1. The molecule has 0 heterocycles. The fourth-order valence-corrected chi connectivity index (χ4v) is 1.65. The van der Waals surface area contributed by atoms with Crippen LogP contribution < -0.4 is 17.2 Å². The highest BCUT2D eigenvalue weighted by Gasteiger charge is 2.21. The lowest BCUT2D eigenvalue weighted by molar-refractivity contribution is -0.121. The molecule has 7 nitrogen and oxygen atoms in total. The van der Waals surface area contributed by atoms with Crippen molar-refractivity contribution < 1.29 is 14.4 Å². The van der Waals surface area contributed by atoms with Gasteiger partial charge in [0, 0.05) is 5.69 Å². The largest absolute Gasteiger partial charge is 0.399 e. The Balaban J connectivity index is 3.07. The zero-order valence-corrected chi connectivity index (χ0v) is 10.7. The Labute approximate surface area is 114 Å². The minimum absolute atomic E-state index is 0.0733. The summed E-state index contributed by atoms with van der Waals surface area (Å²) in [7, 11) is 0. The predicted octanol–water partition coefficient (Wildman–Crippen LogP) is -0.665. The van der Waals surface area contributed by atoms with Crippen LogP contribution in [0.1, 0.15) is 10.4 Å². The first kappa shape index (κ1) is 14.8. The molecule has 0 saturated carbocycles. The van der Waals surface area contributed by atoms with Crippen molar-refractivity contribution in [2.75, 3.05) is 18.8 Å². The number of halogens is 1. The van der Waals surface area contributed by atoms with Gasteiger partial charge in [0.1, 0.15) is 13.1 Å². The van der Waals surface area contributed by atoms with E-state index in [1.165, 1.54) is 18.2 Å². The van der Waals surface area contributed by atoms with Crippen LogP contribution in [0.4, 0.5) is 5.69 Å². The minimum Gasteiger partial charge on any atom is -0.399 e. The van der Waals surface area contributed by atoms with Gasteiger partial charge in [-0.05, 0) is 18.2 Å². The van der Waals surface area contributed by atoms with Crippen LogP contribution in [0.5, 0.6) is 0 Å². The average Bonchev–Trinajstić information content (AvgIpc) is 2.29. The fraction of sp³-hybridized carbons (Fsp3) is 0.182. The number of nitrogen functional groups attached to an aromatic ring is 1. The van der Waals surface area contributed by atoms with E-state index in [0.29, 0.717) is 5.69 Å². The van der Waals surface area contributed by atoms with Gasteiger partial charge < -0.3 is 22.1 Å². The highest BCUT2D eigenvalue weighted by molar-refractivity contribution is 6.34. The van der Waals surface area contributed by atoms with Gasteiger partial charge in [0.25, 0.3) is 5.91 Å². The lowest BCUT2D eigenvalue weighted by Crippen LogP contribution is -2.43. The van der Waals surface area contributed by atoms with E-state index in [4.69, 9.17) is 28.8 Å². The summed E-state index contributed by atoms with van der Waals surface area (Å²) in [5.74, 6) is -2.18. The molecule has 1 aromatic rings. The second-order valence-corrected chi connectivity index (χ2v) is 4.24. The van der Waals surface area contributed by atoms with Gasteiger partial charge in [0.2, 0.25) is 11.8 Å². The highest BCUT2D eigenvalue weighted by atomic mass is 35.5. The van der Waals surface area contributed by atoms with E-state index in [1.807, 2.05) is 0 Å². The van der Waals surface area contributed by atoms with Crippen molar-refractivity contribution in [2.24, 2.45) is 11.5 Å². The van der Waals surface area contributed by atoms with Crippen LogP contribution in [0.3, 0.4) is 0 Å². The number of primary amides is 2. The van der Waals surface area contributed by atoms with Gasteiger partial charge >= 0.3 is 0 Å². The van der Waals surface area contributed by atoms with E-state index < -0.39 is 30.8 Å². The number of carbonyl (C=O) groups is 3. The van der Waals surface area contributed by atoms with Crippen molar-refractivity contribution in [1.29, 1.82) is 0 Å². The fourth-order valence-electron chi connectivity index (χ4n) is 1.45. The molecule has 6 N–H and O–H groups in total. The van der Waals surface area contributed by atoms with Crippen molar-refractivity contribution in [1.82, 2.24) is 4.90 Å². The number of nitrogens with two attached hydrogens (primary N) is 3. The summed E-state index contributed by atoms with van der Waals surface area (Å²) < 4.78 is 0. The van der Waals surface area contributed by atoms with Crippen molar-refractivity contribution in [3.05, 3.63) is 28.8 Å². The molecule has 0 bridgehead atoms. The monoisotopic (exact) mass is 284 g/mol. The van der Waals surface area contributed by atoms with Gasteiger partial charge in [-0.2, -0.15) is 0 Å². The number of amides is 3. The van der Waals surface area contributed by atoms with E-state index in [1.54, 1.807) is 0 Å². The zero-order valence-electron chi connectivity index (χ0n) is 9.93. The molecule has 0 aliphatic rings. The van der Waals surface area contributed by atoms with E-state index in [0.717, 1.165) is 4.90 Å². The number of hydrogen-bond donors (Lipinski definition) is 3. The van der Waals surface area contributed by atoms with Crippen molar-refractivity contribution in [2.45, 2.75) is 0 Å². The third kappa shape index (κ3) is 4.14.